The number of carbonyl (C=O) groups excluding carboxylic acids is 3. The van der Waals surface area contributed by atoms with Gasteiger partial charge in [0.2, 0.25) is 0 Å². The van der Waals surface area contributed by atoms with E-state index in [1.807, 2.05) is 77.2 Å². The van der Waals surface area contributed by atoms with Crippen molar-refractivity contribution in [1.29, 1.82) is 0 Å². The zero-order valence-electron chi connectivity index (χ0n) is 23.9. The molecule has 2 aromatic rings. The summed E-state index contributed by atoms with van der Waals surface area (Å²) in [5.74, 6) is 0.0159. The van der Waals surface area contributed by atoms with Crippen LogP contribution in [0.3, 0.4) is 0 Å². The Morgan fingerprint density at radius 2 is 1.68 bits per heavy atom. The van der Waals surface area contributed by atoms with Crippen LogP contribution in [0.5, 0.6) is 0 Å². The number of amides is 3. The predicted octanol–water partition coefficient (Wildman–Crippen LogP) is 4.75. The SMILES string of the molecule is CCN(C(=O)[O-])[C@@H]1C[C@H](C)[N+](C)(C(C)=O)c2ccc(-c3ccc(CCN(C)C(=O)OC(C)(C)C)cc3)cc21. The molecular formula is C30H41N3O5. The summed E-state index contributed by atoms with van der Waals surface area (Å²) >= 11 is 0. The summed E-state index contributed by atoms with van der Waals surface area (Å²) in [6.07, 6.45) is -0.342. The minimum Gasteiger partial charge on any atom is -0.530 e. The Balaban J connectivity index is 1.88. The molecule has 0 spiro atoms. The topological polar surface area (TPSA) is 90.0 Å². The lowest BCUT2D eigenvalue weighted by atomic mass is 9.86. The van der Waals surface area contributed by atoms with Crippen LogP contribution in [0.4, 0.5) is 15.3 Å². The summed E-state index contributed by atoms with van der Waals surface area (Å²) in [6, 6.07) is 13.6. The van der Waals surface area contributed by atoms with Crippen LogP contribution in [-0.2, 0) is 16.0 Å². The van der Waals surface area contributed by atoms with Gasteiger partial charge in [-0.05, 0) is 69.9 Å². The molecule has 0 saturated carbocycles. The van der Waals surface area contributed by atoms with Crippen LogP contribution >= 0.6 is 0 Å². The molecule has 1 aliphatic heterocycles. The molecule has 1 heterocycles. The highest BCUT2D eigenvalue weighted by Gasteiger charge is 2.47. The molecule has 2 aromatic carbocycles. The fourth-order valence-corrected chi connectivity index (χ4v) is 5.17. The summed E-state index contributed by atoms with van der Waals surface area (Å²) in [5, 5.41) is 12.0. The van der Waals surface area contributed by atoms with Crippen LogP contribution < -0.4 is 9.59 Å². The van der Waals surface area contributed by atoms with Crippen LogP contribution in [0.1, 0.15) is 65.1 Å². The van der Waals surface area contributed by atoms with Gasteiger partial charge in [0.15, 0.2) is 0 Å². The van der Waals surface area contributed by atoms with Gasteiger partial charge in [-0.15, -0.1) is 0 Å². The average Bonchev–Trinajstić information content (AvgIpc) is 2.84. The Bertz CT molecular complexity index is 1190. The molecule has 1 unspecified atom stereocenters. The molecule has 0 N–H and O–H groups in total. The number of carboxylic acid groups (broad SMARTS) is 1. The summed E-state index contributed by atoms with van der Waals surface area (Å²) < 4.78 is 5.54. The lowest BCUT2D eigenvalue weighted by molar-refractivity contribution is -0.268. The molecule has 38 heavy (non-hydrogen) atoms. The van der Waals surface area contributed by atoms with E-state index in [2.05, 4.69) is 0 Å². The molecule has 0 aliphatic carbocycles. The van der Waals surface area contributed by atoms with Crippen molar-refractivity contribution in [2.75, 3.05) is 27.2 Å². The van der Waals surface area contributed by atoms with Gasteiger partial charge < -0.3 is 24.4 Å². The summed E-state index contributed by atoms with van der Waals surface area (Å²) in [4.78, 5) is 39.9. The minimum atomic E-state index is -1.21. The number of benzene rings is 2. The molecule has 206 valence electrons. The number of nitrogens with zero attached hydrogens (tertiary/aromatic N) is 3. The smallest absolute Gasteiger partial charge is 0.410 e. The Morgan fingerprint density at radius 3 is 2.21 bits per heavy atom. The fourth-order valence-electron chi connectivity index (χ4n) is 5.17. The first kappa shape index (κ1) is 29.2. The summed E-state index contributed by atoms with van der Waals surface area (Å²) in [5.41, 5.74) is 4.16. The standard InChI is InChI=1S/C30H41N3O5/c1-9-32(28(35)36)26-18-20(2)33(8,21(3)34)27-15-14-24(19-25(26)27)23-12-10-22(11-13-23)16-17-31(7)29(37)38-30(4,5)6/h10-15,19-20,26H,9,16-18H2,1-8H3/t20-,26+,33?/m0/s1. The molecule has 0 saturated heterocycles. The maximum absolute atomic E-state index is 12.8. The first-order chi connectivity index (χ1) is 17.7. The minimum absolute atomic E-state index is 0.0159. The highest BCUT2D eigenvalue weighted by atomic mass is 16.6. The van der Waals surface area contributed by atoms with Crippen LogP contribution in [0.2, 0.25) is 0 Å². The maximum atomic E-state index is 12.8. The van der Waals surface area contributed by atoms with Crippen LogP contribution in [-0.4, -0.2) is 66.7 Å². The normalized spacial score (nSPS) is 20.8. The Labute approximate surface area is 226 Å². The van der Waals surface area contributed by atoms with E-state index in [0.29, 0.717) is 25.9 Å². The molecule has 0 radical (unpaired) electrons. The molecule has 8 nitrogen and oxygen atoms in total. The lowest BCUT2D eigenvalue weighted by Crippen LogP contribution is -2.60. The van der Waals surface area contributed by atoms with Crippen molar-refractivity contribution >= 4 is 23.8 Å². The molecule has 0 fully saturated rings. The average molecular weight is 524 g/mol. The largest absolute Gasteiger partial charge is 0.530 e. The second-order valence-corrected chi connectivity index (χ2v) is 11.4. The quantitative estimate of drug-likeness (QED) is 0.510. The zero-order chi connectivity index (χ0) is 28.4. The maximum Gasteiger partial charge on any atom is 0.410 e. The number of quaternary nitrogens is 1. The summed E-state index contributed by atoms with van der Waals surface area (Å²) in [6.45, 7) is 11.8. The number of ether oxygens (including phenoxy) is 1. The van der Waals surface area contributed by atoms with Crippen molar-refractivity contribution in [3.8, 4) is 11.1 Å². The second-order valence-electron chi connectivity index (χ2n) is 11.4. The number of hydrogen-bond acceptors (Lipinski definition) is 5. The molecule has 8 heteroatoms. The monoisotopic (exact) mass is 523 g/mol. The third kappa shape index (κ3) is 6.01. The molecule has 3 amide bonds. The van der Waals surface area contributed by atoms with Crippen molar-refractivity contribution in [2.24, 2.45) is 0 Å². The number of carbonyl (C=O) groups is 3. The molecular weight excluding hydrogens is 482 g/mol. The van der Waals surface area contributed by atoms with Crippen LogP contribution in [0.25, 0.3) is 11.1 Å². The van der Waals surface area contributed by atoms with E-state index in [0.717, 1.165) is 27.9 Å². The number of likely N-dealkylation sites (N-methyl/N-ethyl adjacent to an activating group) is 1. The highest BCUT2D eigenvalue weighted by Crippen LogP contribution is 2.45. The van der Waals surface area contributed by atoms with Gasteiger partial charge in [-0.1, -0.05) is 24.3 Å². The Hall–Kier alpha value is -3.39. The van der Waals surface area contributed by atoms with Gasteiger partial charge in [-0.2, -0.15) is 0 Å². The highest BCUT2D eigenvalue weighted by molar-refractivity contribution is 5.89. The van der Waals surface area contributed by atoms with Crippen LogP contribution in [0, 0.1) is 0 Å². The van der Waals surface area contributed by atoms with Gasteiger partial charge in [0.05, 0.1) is 26.1 Å². The Kier molecular flexibility index (Phi) is 8.56. The number of fused-ring (bicyclic) bond motifs is 1. The number of rotatable bonds is 6. The van der Waals surface area contributed by atoms with E-state index in [1.165, 1.54) is 4.90 Å². The molecule has 1 aliphatic rings. The van der Waals surface area contributed by atoms with E-state index in [9.17, 15) is 19.5 Å². The lowest BCUT2D eigenvalue weighted by Gasteiger charge is -2.47. The van der Waals surface area contributed by atoms with Gasteiger partial charge in [-0.25, -0.2) is 14.1 Å². The Morgan fingerprint density at radius 1 is 1.08 bits per heavy atom. The summed E-state index contributed by atoms with van der Waals surface area (Å²) in [7, 11) is 3.63. The molecule has 3 atom stereocenters. The van der Waals surface area contributed by atoms with E-state index in [4.69, 9.17) is 4.74 Å². The predicted molar refractivity (Wildman–Crippen MR) is 147 cm³/mol. The number of hydrogen-bond donors (Lipinski definition) is 0. The van der Waals surface area contributed by atoms with E-state index >= 15 is 0 Å². The first-order valence-electron chi connectivity index (χ1n) is 13.2. The van der Waals surface area contributed by atoms with E-state index < -0.39 is 11.7 Å². The van der Waals surface area contributed by atoms with Crippen LogP contribution in [0.15, 0.2) is 42.5 Å². The van der Waals surface area contributed by atoms with E-state index in [1.54, 1.807) is 25.8 Å². The van der Waals surface area contributed by atoms with Gasteiger partial charge in [0, 0.05) is 38.2 Å². The fraction of sp³-hybridized carbons (Fsp3) is 0.500. The molecule has 0 bridgehead atoms. The van der Waals surface area contributed by atoms with Gasteiger partial charge in [0.25, 0.3) is 0 Å². The van der Waals surface area contributed by atoms with Gasteiger partial charge in [0.1, 0.15) is 17.4 Å². The molecule has 0 aromatic heterocycles. The second kappa shape index (κ2) is 11.2. The van der Waals surface area contributed by atoms with Gasteiger partial charge in [-0.3, -0.25) is 0 Å². The van der Waals surface area contributed by atoms with Crippen molar-refractivity contribution in [2.45, 2.75) is 72.1 Å². The molecule has 3 rings (SSSR count). The van der Waals surface area contributed by atoms with Crippen molar-refractivity contribution in [3.05, 3.63) is 53.6 Å². The zero-order valence-corrected chi connectivity index (χ0v) is 23.9. The third-order valence-corrected chi connectivity index (χ3v) is 7.67. The van der Waals surface area contributed by atoms with Crippen molar-refractivity contribution in [3.63, 3.8) is 0 Å². The third-order valence-electron chi connectivity index (χ3n) is 7.67. The van der Waals surface area contributed by atoms with Crippen molar-refractivity contribution in [1.82, 2.24) is 14.3 Å². The first-order valence-corrected chi connectivity index (χ1v) is 13.2. The van der Waals surface area contributed by atoms with Gasteiger partial charge >= 0.3 is 12.0 Å². The van der Waals surface area contributed by atoms with E-state index in [-0.39, 0.29) is 28.6 Å². The van der Waals surface area contributed by atoms with Crippen molar-refractivity contribution < 1.29 is 24.2 Å².